The summed E-state index contributed by atoms with van der Waals surface area (Å²) in [6.45, 7) is 7.69. The van der Waals surface area contributed by atoms with Gasteiger partial charge in [0.25, 0.3) is 0 Å². The van der Waals surface area contributed by atoms with Crippen molar-refractivity contribution in [1.29, 1.82) is 0 Å². The molecular formula is C15H23NO2. The third kappa shape index (κ3) is 3.11. The number of carbonyl (C=O) groups excluding carboxylic acids is 2. The fourth-order valence-corrected chi connectivity index (χ4v) is 2.77. The van der Waals surface area contributed by atoms with E-state index in [0.717, 1.165) is 32.0 Å². The molecule has 18 heavy (non-hydrogen) atoms. The Morgan fingerprint density at radius 3 is 2.78 bits per heavy atom. The van der Waals surface area contributed by atoms with Crippen LogP contribution in [0.5, 0.6) is 0 Å². The zero-order chi connectivity index (χ0) is 13.5. The number of carbonyl (C=O) groups is 2. The predicted octanol–water partition coefficient (Wildman–Crippen LogP) is 2.71. The molecule has 3 atom stereocenters. The molecule has 1 saturated heterocycles. The lowest BCUT2D eigenvalue weighted by molar-refractivity contribution is -0.131. The number of likely N-dealkylation sites (tertiary alicyclic amines) is 1. The Hall–Kier alpha value is -1.34. The van der Waals surface area contributed by atoms with Crippen LogP contribution in [0.25, 0.3) is 0 Å². The minimum atomic E-state index is -0.0472. The molecule has 1 aliphatic rings. The van der Waals surface area contributed by atoms with Gasteiger partial charge < -0.3 is 9.69 Å². The van der Waals surface area contributed by atoms with Gasteiger partial charge in [-0.05, 0) is 25.3 Å². The second-order valence-electron chi connectivity index (χ2n) is 4.84. The van der Waals surface area contributed by atoms with Crippen molar-refractivity contribution in [3.63, 3.8) is 0 Å². The highest BCUT2D eigenvalue weighted by Crippen LogP contribution is 2.29. The molecule has 0 spiro atoms. The van der Waals surface area contributed by atoms with Crippen LogP contribution in [0.15, 0.2) is 18.4 Å². The standard InChI is InChI=1S/C15H23NO2/c1-4-7-13(8-5-2)16-14(9-10-15(16)18)12(6-3)11-17/h7,11-14H,1,5-6,8-10H2,2-3H3. The highest BCUT2D eigenvalue weighted by atomic mass is 16.2. The van der Waals surface area contributed by atoms with Crippen molar-refractivity contribution in [3.05, 3.63) is 18.4 Å². The van der Waals surface area contributed by atoms with Crippen molar-refractivity contribution in [2.75, 3.05) is 0 Å². The minimum Gasteiger partial charge on any atom is -0.332 e. The molecule has 100 valence electrons. The van der Waals surface area contributed by atoms with Gasteiger partial charge in [0.2, 0.25) is 5.91 Å². The number of hydrogen-bond donors (Lipinski definition) is 0. The molecule has 0 aromatic heterocycles. The van der Waals surface area contributed by atoms with Crippen molar-refractivity contribution in [1.82, 2.24) is 4.90 Å². The van der Waals surface area contributed by atoms with Crippen LogP contribution in [-0.4, -0.2) is 29.2 Å². The van der Waals surface area contributed by atoms with Gasteiger partial charge in [0, 0.05) is 18.4 Å². The summed E-state index contributed by atoms with van der Waals surface area (Å²) in [7, 11) is 0. The predicted molar refractivity (Wildman–Crippen MR) is 72.1 cm³/mol. The number of rotatable bonds is 7. The van der Waals surface area contributed by atoms with E-state index >= 15 is 0 Å². The Morgan fingerprint density at radius 2 is 2.28 bits per heavy atom. The fraction of sp³-hybridized carbons (Fsp3) is 0.667. The maximum atomic E-state index is 12.1. The van der Waals surface area contributed by atoms with E-state index in [-0.39, 0.29) is 23.9 Å². The molecule has 0 saturated carbocycles. The molecule has 0 aromatic carbocycles. The van der Waals surface area contributed by atoms with E-state index in [1.54, 1.807) is 0 Å². The first kappa shape index (κ1) is 14.7. The van der Waals surface area contributed by atoms with Gasteiger partial charge in [0.1, 0.15) is 6.29 Å². The van der Waals surface area contributed by atoms with Crippen LogP contribution in [0.2, 0.25) is 0 Å². The molecule has 3 heteroatoms. The highest BCUT2D eigenvalue weighted by molar-refractivity contribution is 5.80. The van der Waals surface area contributed by atoms with E-state index < -0.39 is 0 Å². The topological polar surface area (TPSA) is 37.4 Å². The molecule has 1 rings (SSSR count). The average Bonchev–Trinajstić information content (AvgIpc) is 2.73. The number of nitrogens with zero attached hydrogens (tertiary/aromatic N) is 1. The Bertz CT molecular complexity index is 344. The fourth-order valence-electron chi connectivity index (χ4n) is 2.77. The maximum Gasteiger partial charge on any atom is 0.223 e. The summed E-state index contributed by atoms with van der Waals surface area (Å²) in [5.41, 5.74) is 2.79. The van der Waals surface area contributed by atoms with Gasteiger partial charge in [0.05, 0.1) is 6.04 Å². The lowest BCUT2D eigenvalue weighted by atomic mass is 9.95. The Balaban J connectivity index is 2.94. The van der Waals surface area contributed by atoms with Gasteiger partial charge in [-0.3, -0.25) is 4.79 Å². The molecule has 0 aromatic rings. The lowest BCUT2D eigenvalue weighted by Crippen LogP contribution is -2.44. The van der Waals surface area contributed by atoms with Crippen LogP contribution in [0, 0.1) is 5.92 Å². The van der Waals surface area contributed by atoms with E-state index in [0.29, 0.717) is 6.42 Å². The molecule has 0 radical (unpaired) electrons. The van der Waals surface area contributed by atoms with Crippen molar-refractivity contribution < 1.29 is 9.59 Å². The molecule has 3 unspecified atom stereocenters. The van der Waals surface area contributed by atoms with Gasteiger partial charge >= 0.3 is 0 Å². The Morgan fingerprint density at radius 1 is 1.56 bits per heavy atom. The van der Waals surface area contributed by atoms with Crippen molar-refractivity contribution in [3.8, 4) is 0 Å². The average molecular weight is 249 g/mol. The zero-order valence-corrected chi connectivity index (χ0v) is 11.4. The first-order valence-electron chi connectivity index (χ1n) is 6.81. The highest BCUT2D eigenvalue weighted by Gasteiger charge is 2.38. The van der Waals surface area contributed by atoms with Crippen LogP contribution < -0.4 is 0 Å². The smallest absolute Gasteiger partial charge is 0.223 e. The molecule has 0 bridgehead atoms. The normalized spacial score (nSPS) is 22.4. The van der Waals surface area contributed by atoms with Crippen LogP contribution >= 0.6 is 0 Å². The van der Waals surface area contributed by atoms with Crippen molar-refractivity contribution >= 4 is 12.2 Å². The van der Waals surface area contributed by atoms with Crippen molar-refractivity contribution in [2.24, 2.45) is 5.92 Å². The summed E-state index contributed by atoms with van der Waals surface area (Å²) in [5.74, 6) is 0.110. The molecule has 1 aliphatic heterocycles. The summed E-state index contributed by atoms with van der Waals surface area (Å²) < 4.78 is 0. The molecular weight excluding hydrogens is 226 g/mol. The molecule has 1 amide bonds. The van der Waals surface area contributed by atoms with E-state index in [1.807, 2.05) is 17.9 Å². The number of amides is 1. The first-order valence-corrected chi connectivity index (χ1v) is 6.81. The monoisotopic (exact) mass is 249 g/mol. The summed E-state index contributed by atoms with van der Waals surface area (Å²) in [5, 5.41) is 0. The van der Waals surface area contributed by atoms with E-state index in [2.05, 4.69) is 19.2 Å². The molecule has 3 nitrogen and oxygen atoms in total. The van der Waals surface area contributed by atoms with Crippen molar-refractivity contribution in [2.45, 2.75) is 58.0 Å². The van der Waals surface area contributed by atoms with E-state index in [1.165, 1.54) is 0 Å². The number of hydrogen-bond acceptors (Lipinski definition) is 2. The van der Waals surface area contributed by atoms with Gasteiger partial charge in [-0.25, -0.2) is 0 Å². The summed E-state index contributed by atoms with van der Waals surface area (Å²) >= 11 is 0. The van der Waals surface area contributed by atoms with E-state index in [4.69, 9.17) is 0 Å². The summed E-state index contributed by atoms with van der Waals surface area (Å²) in [6.07, 6.45) is 6.89. The van der Waals surface area contributed by atoms with Gasteiger partial charge in [-0.15, -0.1) is 5.73 Å². The third-order valence-electron chi connectivity index (χ3n) is 3.69. The second kappa shape index (κ2) is 7.17. The Labute approximate surface area is 110 Å². The van der Waals surface area contributed by atoms with Gasteiger partial charge in [-0.1, -0.05) is 26.8 Å². The maximum absolute atomic E-state index is 12.1. The quantitative estimate of drug-likeness (QED) is 0.514. The SMILES string of the molecule is C=C=CC(CCC)N1C(=O)CCC1C(C=O)CC. The van der Waals surface area contributed by atoms with Crippen LogP contribution in [0.3, 0.4) is 0 Å². The third-order valence-corrected chi connectivity index (χ3v) is 3.69. The summed E-state index contributed by atoms with van der Waals surface area (Å²) in [4.78, 5) is 25.1. The molecule has 1 fully saturated rings. The summed E-state index contributed by atoms with van der Waals surface area (Å²) in [6, 6.07) is 0.0997. The van der Waals surface area contributed by atoms with Crippen LogP contribution in [-0.2, 0) is 9.59 Å². The van der Waals surface area contributed by atoms with Crippen LogP contribution in [0.1, 0.15) is 46.0 Å². The zero-order valence-electron chi connectivity index (χ0n) is 11.4. The molecule has 0 aliphatic carbocycles. The Kier molecular flexibility index (Phi) is 5.87. The first-order chi connectivity index (χ1) is 8.69. The lowest BCUT2D eigenvalue weighted by Gasteiger charge is -2.33. The number of aldehydes is 1. The van der Waals surface area contributed by atoms with Gasteiger partial charge in [-0.2, -0.15) is 0 Å². The van der Waals surface area contributed by atoms with E-state index in [9.17, 15) is 9.59 Å². The van der Waals surface area contributed by atoms with Crippen LogP contribution in [0.4, 0.5) is 0 Å². The largest absolute Gasteiger partial charge is 0.332 e. The second-order valence-corrected chi connectivity index (χ2v) is 4.84. The molecule has 1 heterocycles. The minimum absolute atomic E-state index is 0.0431. The molecule has 0 N–H and O–H groups in total. The van der Waals surface area contributed by atoms with Gasteiger partial charge in [0.15, 0.2) is 0 Å².